The predicted molar refractivity (Wildman–Crippen MR) is 87.8 cm³/mol. The number of carbonyl (C=O) groups excluding carboxylic acids is 1. The Morgan fingerprint density at radius 2 is 1.29 bits per heavy atom. The fourth-order valence-corrected chi connectivity index (χ4v) is 3.84. The number of carbonyl (C=O) groups is 1. The van der Waals surface area contributed by atoms with Crippen LogP contribution in [0, 0.1) is 0 Å². The van der Waals surface area contributed by atoms with E-state index in [9.17, 15) is 13.9 Å². The summed E-state index contributed by atoms with van der Waals surface area (Å²) in [5, 5.41) is 0. The summed E-state index contributed by atoms with van der Waals surface area (Å²) in [5.74, 6) is -0.880. The van der Waals surface area contributed by atoms with E-state index in [1.54, 1.807) is 27.7 Å². The van der Waals surface area contributed by atoms with E-state index in [1.165, 1.54) is 0 Å². The van der Waals surface area contributed by atoms with Gasteiger partial charge in [0.25, 0.3) is 0 Å². The van der Waals surface area contributed by atoms with Crippen molar-refractivity contribution in [3.8, 4) is 0 Å². The summed E-state index contributed by atoms with van der Waals surface area (Å²) in [7, 11) is -7.27. The summed E-state index contributed by atoms with van der Waals surface area (Å²) in [5.41, 5.74) is -0.144. The molecule has 11 heteroatoms. The topological polar surface area (TPSA) is 107 Å². The van der Waals surface area contributed by atoms with Crippen molar-refractivity contribution in [1.29, 1.82) is 0 Å². The van der Waals surface area contributed by atoms with Crippen molar-refractivity contribution in [2.24, 2.45) is 0 Å². The standard InChI is InChI=1S/C13H26O9P2/c1-6-18-23(15,19-7-2)11-17-13(14)12(5)10-22-24(16,20-8-3)21-9-4/h5-11H2,1-4H3. The maximum Gasteiger partial charge on any atom is 0.475 e. The first kappa shape index (κ1) is 23.5. The highest BCUT2D eigenvalue weighted by atomic mass is 31.2. The van der Waals surface area contributed by atoms with Gasteiger partial charge in [-0.15, -0.1) is 0 Å². The Labute approximate surface area is 142 Å². The fourth-order valence-electron chi connectivity index (χ4n) is 1.39. The van der Waals surface area contributed by atoms with E-state index < -0.39 is 34.3 Å². The first-order valence-electron chi connectivity index (χ1n) is 7.52. The van der Waals surface area contributed by atoms with E-state index in [2.05, 4.69) is 6.58 Å². The number of hydrogen-bond donors (Lipinski definition) is 0. The average Bonchev–Trinajstić information content (AvgIpc) is 2.51. The molecule has 0 aliphatic rings. The third-order valence-corrected chi connectivity index (χ3v) is 5.61. The van der Waals surface area contributed by atoms with Crippen LogP contribution in [0.4, 0.5) is 0 Å². The number of phosphoric ester groups is 1. The molecule has 0 aliphatic heterocycles. The van der Waals surface area contributed by atoms with Crippen LogP contribution in [0.2, 0.25) is 0 Å². The van der Waals surface area contributed by atoms with E-state index in [0.29, 0.717) is 0 Å². The molecule has 0 fully saturated rings. The predicted octanol–water partition coefficient (Wildman–Crippen LogP) is 3.51. The van der Waals surface area contributed by atoms with Crippen LogP contribution in [0.15, 0.2) is 12.2 Å². The zero-order valence-electron chi connectivity index (χ0n) is 14.5. The summed E-state index contributed by atoms with van der Waals surface area (Å²) in [6.07, 6.45) is -0.554. The monoisotopic (exact) mass is 388 g/mol. The first-order chi connectivity index (χ1) is 11.3. The minimum absolute atomic E-state index is 0.111. The number of phosphoric acid groups is 1. The van der Waals surface area contributed by atoms with Gasteiger partial charge < -0.3 is 13.8 Å². The van der Waals surface area contributed by atoms with Crippen LogP contribution in [0.3, 0.4) is 0 Å². The molecular formula is C13H26O9P2. The molecule has 0 unspecified atom stereocenters. The zero-order chi connectivity index (χ0) is 18.6. The molecule has 9 nitrogen and oxygen atoms in total. The van der Waals surface area contributed by atoms with E-state index in [0.717, 1.165) is 0 Å². The summed E-state index contributed by atoms with van der Waals surface area (Å²) < 4.78 is 53.9. The second-order valence-corrected chi connectivity index (χ2v) is 7.83. The molecule has 0 radical (unpaired) electrons. The Balaban J connectivity index is 4.53. The van der Waals surface area contributed by atoms with Crippen molar-refractivity contribution in [3.05, 3.63) is 12.2 Å². The Morgan fingerprint density at radius 1 is 0.833 bits per heavy atom. The van der Waals surface area contributed by atoms with Gasteiger partial charge in [-0.1, -0.05) is 6.58 Å². The SMILES string of the molecule is C=C(COP(=O)(OCC)OCC)C(=O)OCP(=O)(OCC)OCC. The smallest absolute Gasteiger partial charge is 0.449 e. The minimum Gasteiger partial charge on any atom is -0.449 e. The Kier molecular flexibility index (Phi) is 11.7. The first-order valence-corrected chi connectivity index (χ1v) is 10.7. The van der Waals surface area contributed by atoms with Gasteiger partial charge in [0.2, 0.25) is 0 Å². The zero-order valence-corrected chi connectivity index (χ0v) is 16.3. The third-order valence-electron chi connectivity index (χ3n) is 2.27. The highest BCUT2D eigenvalue weighted by Gasteiger charge is 2.29. The van der Waals surface area contributed by atoms with Gasteiger partial charge in [0.15, 0.2) is 6.35 Å². The molecular weight excluding hydrogens is 362 g/mol. The van der Waals surface area contributed by atoms with Gasteiger partial charge in [-0.05, 0) is 27.7 Å². The molecule has 0 saturated carbocycles. The molecule has 0 rings (SSSR count). The molecule has 0 aromatic heterocycles. The van der Waals surface area contributed by atoms with E-state index >= 15 is 0 Å². The van der Waals surface area contributed by atoms with Crippen LogP contribution in [0.5, 0.6) is 0 Å². The molecule has 0 aliphatic carbocycles. The summed E-state index contributed by atoms with van der Waals surface area (Å²) in [4.78, 5) is 11.8. The van der Waals surface area contributed by atoms with Crippen molar-refractivity contribution in [3.63, 3.8) is 0 Å². The lowest BCUT2D eigenvalue weighted by molar-refractivity contribution is -0.138. The Morgan fingerprint density at radius 3 is 1.71 bits per heavy atom. The lowest BCUT2D eigenvalue weighted by atomic mass is 10.3. The van der Waals surface area contributed by atoms with Gasteiger partial charge >= 0.3 is 21.4 Å². The molecule has 0 atom stereocenters. The lowest BCUT2D eigenvalue weighted by Gasteiger charge is -2.18. The van der Waals surface area contributed by atoms with Crippen LogP contribution in [-0.4, -0.2) is 45.4 Å². The van der Waals surface area contributed by atoms with Crippen molar-refractivity contribution in [1.82, 2.24) is 0 Å². The highest BCUT2D eigenvalue weighted by Crippen LogP contribution is 2.50. The second-order valence-electron chi connectivity index (χ2n) is 4.17. The minimum atomic E-state index is -3.76. The average molecular weight is 388 g/mol. The molecule has 0 aromatic carbocycles. The van der Waals surface area contributed by atoms with Crippen molar-refractivity contribution < 1.29 is 41.3 Å². The van der Waals surface area contributed by atoms with Gasteiger partial charge in [-0.3, -0.25) is 18.1 Å². The van der Waals surface area contributed by atoms with Gasteiger partial charge in [0, 0.05) is 0 Å². The molecule has 0 saturated heterocycles. The molecule has 24 heavy (non-hydrogen) atoms. The number of esters is 1. The van der Waals surface area contributed by atoms with Gasteiger partial charge in [-0.2, -0.15) is 0 Å². The van der Waals surface area contributed by atoms with Crippen molar-refractivity contribution in [2.75, 3.05) is 39.4 Å². The highest BCUT2D eigenvalue weighted by molar-refractivity contribution is 7.53. The molecule has 142 valence electrons. The molecule has 0 amide bonds. The number of rotatable bonds is 14. The lowest BCUT2D eigenvalue weighted by Crippen LogP contribution is -2.14. The van der Waals surface area contributed by atoms with Crippen molar-refractivity contribution >= 4 is 21.4 Å². The molecule has 0 N–H and O–H groups in total. The summed E-state index contributed by atoms with van der Waals surface area (Å²) in [6, 6.07) is 0. The molecule has 0 spiro atoms. The summed E-state index contributed by atoms with van der Waals surface area (Å²) in [6.45, 7) is 10.1. The van der Waals surface area contributed by atoms with Crippen LogP contribution in [-0.2, 0) is 41.3 Å². The van der Waals surface area contributed by atoms with Crippen LogP contribution in [0.1, 0.15) is 27.7 Å². The fraction of sp³-hybridized carbons (Fsp3) is 0.769. The van der Waals surface area contributed by atoms with Crippen LogP contribution >= 0.6 is 15.4 Å². The maximum absolute atomic E-state index is 12.2. The molecule has 0 bridgehead atoms. The number of ether oxygens (including phenoxy) is 1. The van der Waals surface area contributed by atoms with Gasteiger partial charge in [0.1, 0.15) is 0 Å². The Bertz CT molecular complexity index is 428. The van der Waals surface area contributed by atoms with E-state index in [4.69, 9.17) is 27.4 Å². The molecule has 0 aromatic rings. The second kappa shape index (κ2) is 11.9. The maximum atomic E-state index is 12.2. The van der Waals surface area contributed by atoms with Gasteiger partial charge in [-0.25, -0.2) is 9.36 Å². The largest absolute Gasteiger partial charge is 0.475 e. The summed E-state index contributed by atoms with van der Waals surface area (Å²) >= 11 is 0. The normalized spacial score (nSPS) is 12.2. The van der Waals surface area contributed by atoms with Crippen LogP contribution < -0.4 is 0 Å². The van der Waals surface area contributed by atoms with Gasteiger partial charge in [0.05, 0.1) is 38.6 Å². The third kappa shape index (κ3) is 9.08. The molecule has 0 heterocycles. The Hall–Kier alpha value is -0.530. The van der Waals surface area contributed by atoms with Crippen LogP contribution in [0.25, 0.3) is 0 Å². The van der Waals surface area contributed by atoms with E-state index in [-0.39, 0.29) is 32.0 Å². The van der Waals surface area contributed by atoms with E-state index in [1.807, 2.05) is 0 Å². The quantitative estimate of drug-likeness (QED) is 0.251. The van der Waals surface area contributed by atoms with Crippen molar-refractivity contribution in [2.45, 2.75) is 27.7 Å². The number of hydrogen-bond acceptors (Lipinski definition) is 9.